The number of hydrogen-bond donors (Lipinski definition) is 0. The standard InChI is InChI=1S/C15H18F3NO3S/c1-10(23(2,21)22)14(20)19(13-7-8-13)9-11-3-5-12(6-4-11)15(16,17)18/h3-6,10,13H,7-9H2,1-2H3/t10-/m1/s1. The van der Waals surface area contributed by atoms with Crippen LogP contribution in [0.1, 0.15) is 30.9 Å². The highest BCUT2D eigenvalue weighted by Crippen LogP contribution is 2.31. The van der Waals surface area contributed by atoms with E-state index in [0.29, 0.717) is 5.56 Å². The van der Waals surface area contributed by atoms with E-state index in [1.54, 1.807) is 0 Å². The Hall–Kier alpha value is -1.57. The Morgan fingerprint density at radius 3 is 2.17 bits per heavy atom. The highest BCUT2D eigenvalue weighted by atomic mass is 32.2. The largest absolute Gasteiger partial charge is 0.416 e. The van der Waals surface area contributed by atoms with Crippen molar-refractivity contribution in [1.29, 1.82) is 0 Å². The van der Waals surface area contributed by atoms with Gasteiger partial charge in [0.05, 0.1) is 5.56 Å². The minimum Gasteiger partial charge on any atom is -0.334 e. The molecular weight excluding hydrogens is 331 g/mol. The van der Waals surface area contributed by atoms with Crippen molar-refractivity contribution < 1.29 is 26.4 Å². The predicted octanol–water partition coefficient (Wildman–Crippen LogP) is 2.63. The van der Waals surface area contributed by atoms with Gasteiger partial charge in [0.15, 0.2) is 9.84 Å². The van der Waals surface area contributed by atoms with Crippen molar-refractivity contribution in [3.05, 3.63) is 35.4 Å². The van der Waals surface area contributed by atoms with E-state index in [9.17, 15) is 26.4 Å². The zero-order valence-corrected chi connectivity index (χ0v) is 13.6. The highest BCUT2D eigenvalue weighted by Gasteiger charge is 2.37. The van der Waals surface area contributed by atoms with Gasteiger partial charge in [0, 0.05) is 18.8 Å². The molecule has 1 aliphatic carbocycles. The molecule has 0 aromatic heterocycles. The van der Waals surface area contributed by atoms with Crippen LogP contribution in [0.5, 0.6) is 0 Å². The van der Waals surface area contributed by atoms with E-state index in [2.05, 4.69) is 0 Å². The van der Waals surface area contributed by atoms with Crippen LogP contribution < -0.4 is 0 Å². The molecule has 0 aliphatic heterocycles. The van der Waals surface area contributed by atoms with Crippen molar-refractivity contribution >= 4 is 15.7 Å². The molecular formula is C15H18F3NO3S. The lowest BCUT2D eigenvalue weighted by atomic mass is 10.1. The number of alkyl halides is 3. The number of halogens is 3. The number of amides is 1. The lowest BCUT2D eigenvalue weighted by molar-refractivity contribution is -0.137. The first-order valence-electron chi connectivity index (χ1n) is 7.15. The molecule has 1 aliphatic rings. The Kier molecular flexibility index (Phi) is 4.75. The maximum atomic E-state index is 12.6. The van der Waals surface area contributed by atoms with Crippen LogP contribution in [0.15, 0.2) is 24.3 Å². The molecule has 2 rings (SSSR count). The minimum absolute atomic E-state index is 0.0333. The molecule has 8 heteroatoms. The Balaban J connectivity index is 2.16. The van der Waals surface area contributed by atoms with Gasteiger partial charge < -0.3 is 4.90 Å². The van der Waals surface area contributed by atoms with Crippen molar-refractivity contribution in [3.8, 4) is 0 Å². The van der Waals surface area contributed by atoms with Gasteiger partial charge in [0.25, 0.3) is 0 Å². The molecule has 0 bridgehead atoms. The van der Waals surface area contributed by atoms with Crippen molar-refractivity contribution in [2.75, 3.05) is 6.26 Å². The van der Waals surface area contributed by atoms with Crippen LogP contribution in [0.2, 0.25) is 0 Å². The first kappa shape index (κ1) is 17.8. The Morgan fingerprint density at radius 2 is 1.78 bits per heavy atom. The summed E-state index contributed by atoms with van der Waals surface area (Å²) < 4.78 is 60.8. The summed E-state index contributed by atoms with van der Waals surface area (Å²) in [5.41, 5.74) is -0.214. The van der Waals surface area contributed by atoms with Gasteiger partial charge in [-0.05, 0) is 37.5 Å². The lowest BCUT2D eigenvalue weighted by Crippen LogP contribution is -2.42. The molecule has 128 valence electrons. The van der Waals surface area contributed by atoms with E-state index in [4.69, 9.17) is 0 Å². The summed E-state index contributed by atoms with van der Waals surface area (Å²) in [6.45, 7) is 1.45. The average molecular weight is 349 g/mol. The fourth-order valence-corrected chi connectivity index (χ4v) is 2.69. The number of sulfone groups is 1. The van der Waals surface area contributed by atoms with E-state index >= 15 is 0 Å². The summed E-state index contributed by atoms with van der Waals surface area (Å²) in [4.78, 5) is 13.8. The number of carbonyl (C=O) groups excluding carboxylic acids is 1. The summed E-state index contributed by atoms with van der Waals surface area (Å²) in [6.07, 6.45) is -1.85. The topological polar surface area (TPSA) is 54.5 Å². The molecule has 1 atom stereocenters. The molecule has 0 spiro atoms. The Morgan fingerprint density at radius 1 is 1.26 bits per heavy atom. The van der Waals surface area contributed by atoms with Crippen molar-refractivity contribution in [2.45, 2.75) is 43.8 Å². The molecule has 1 aromatic rings. The second-order valence-electron chi connectivity index (χ2n) is 5.86. The number of rotatable bonds is 5. The van der Waals surface area contributed by atoms with E-state index in [1.165, 1.54) is 24.0 Å². The van der Waals surface area contributed by atoms with Crippen molar-refractivity contribution in [2.24, 2.45) is 0 Å². The van der Waals surface area contributed by atoms with Crippen LogP contribution >= 0.6 is 0 Å². The monoisotopic (exact) mass is 349 g/mol. The predicted molar refractivity (Wildman–Crippen MR) is 79.3 cm³/mol. The number of benzene rings is 1. The highest BCUT2D eigenvalue weighted by molar-refractivity contribution is 7.92. The fourth-order valence-electron chi connectivity index (χ4n) is 2.19. The second kappa shape index (κ2) is 6.14. The Labute approximate surface area is 133 Å². The summed E-state index contributed by atoms with van der Waals surface area (Å²) >= 11 is 0. The van der Waals surface area contributed by atoms with Gasteiger partial charge >= 0.3 is 6.18 Å². The quantitative estimate of drug-likeness (QED) is 0.821. The maximum absolute atomic E-state index is 12.6. The number of carbonyl (C=O) groups is 1. The van der Waals surface area contributed by atoms with E-state index in [-0.39, 0.29) is 12.6 Å². The maximum Gasteiger partial charge on any atom is 0.416 e. The first-order valence-corrected chi connectivity index (χ1v) is 9.11. The second-order valence-corrected chi connectivity index (χ2v) is 8.23. The van der Waals surface area contributed by atoms with Gasteiger partial charge in [-0.15, -0.1) is 0 Å². The first-order chi connectivity index (χ1) is 10.5. The molecule has 0 heterocycles. The van der Waals surface area contributed by atoms with Gasteiger partial charge in [-0.25, -0.2) is 8.42 Å². The molecule has 1 amide bonds. The molecule has 1 fully saturated rings. The zero-order chi connectivity index (χ0) is 17.4. The van der Waals surface area contributed by atoms with E-state index in [1.807, 2.05) is 0 Å². The molecule has 1 aromatic carbocycles. The van der Waals surface area contributed by atoms with Crippen molar-refractivity contribution in [1.82, 2.24) is 4.90 Å². The van der Waals surface area contributed by atoms with Crippen LogP contribution in [0.25, 0.3) is 0 Å². The van der Waals surface area contributed by atoms with E-state index < -0.39 is 32.7 Å². The zero-order valence-electron chi connectivity index (χ0n) is 12.8. The van der Waals surface area contributed by atoms with Crippen molar-refractivity contribution in [3.63, 3.8) is 0 Å². The van der Waals surface area contributed by atoms with Gasteiger partial charge in [0.2, 0.25) is 5.91 Å². The van der Waals surface area contributed by atoms with Crippen LogP contribution in [0, 0.1) is 0 Å². The molecule has 0 unspecified atom stereocenters. The molecule has 1 saturated carbocycles. The summed E-state index contributed by atoms with van der Waals surface area (Å²) in [5.74, 6) is -0.505. The van der Waals surface area contributed by atoms with Gasteiger partial charge in [-0.3, -0.25) is 4.79 Å². The summed E-state index contributed by atoms with van der Waals surface area (Å²) in [6, 6.07) is 4.53. The molecule has 0 N–H and O–H groups in total. The van der Waals surface area contributed by atoms with E-state index in [0.717, 1.165) is 31.2 Å². The summed E-state index contributed by atoms with van der Waals surface area (Å²) in [7, 11) is -3.51. The Bertz CT molecular complexity index is 679. The lowest BCUT2D eigenvalue weighted by Gasteiger charge is -2.25. The van der Waals surface area contributed by atoms with Gasteiger partial charge in [-0.2, -0.15) is 13.2 Å². The van der Waals surface area contributed by atoms with Gasteiger partial charge in [-0.1, -0.05) is 12.1 Å². The normalized spacial score (nSPS) is 16.9. The summed E-state index contributed by atoms with van der Waals surface area (Å²) in [5, 5.41) is -1.16. The number of nitrogens with zero attached hydrogens (tertiary/aromatic N) is 1. The molecule has 0 radical (unpaired) electrons. The molecule has 0 saturated heterocycles. The third-order valence-electron chi connectivity index (χ3n) is 3.89. The third kappa shape index (κ3) is 4.46. The minimum atomic E-state index is -4.41. The smallest absolute Gasteiger partial charge is 0.334 e. The fraction of sp³-hybridized carbons (Fsp3) is 0.533. The molecule has 23 heavy (non-hydrogen) atoms. The number of hydrogen-bond acceptors (Lipinski definition) is 3. The van der Waals surface area contributed by atoms with Crippen LogP contribution in [0.3, 0.4) is 0 Å². The average Bonchev–Trinajstić information content (AvgIpc) is 3.26. The molecule has 4 nitrogen and oxygen atoms in total. The van der Waals surface area contributed by atoms with Crippen LogP contribution in [-0.4, -0.2) is 36.8 Å². The van der Waals surface area contributed by atoms with Crippen LogP contribution in [0.4, 0.5) is 13.2 Å². The van der Waals surface area contributed by atoms with Gasteiger partial charge in [0.1, 0.15) is 5.25 Å². The SMILES string of the molecule is C[C@H](C(=O)N(Cc1ccc(C(F)(F)F)cc1)C1CC1)S(C)(=O)=O. The third-order valence-corrected chi connectivity index (χ3v) is 5.38. The van der Waals surface area contributed by atoms with Crippen LogP contribution in [-0.2, 0) is 27.4 Å².